The van der Waals surface area contributed by atoms with Crippen LogP contribution in [-0.4, -0.2) is 27.2 Å². The van der Waals surface area contributed by atoms with Crippen LogP contribution in [0.3, 0.4) is 0 Å². The summed E-state index contributed by atoms with van der Waals surface area (Å²) in [4.78, 5) is 21.2. The maximum Gasteiger partial charge on any atom is 0.231 e. The Labute approximate surface area is 140 Å². The summed E-state index contributed by atoms with van der Waals surface area (Å²) in [5.41, 5.74) is 1.59. The summed E-state index contributed by atoms with van der Waals surface area (Å²) in [6.07, 6.45) is 0. The molecular formula is C17H20N4OS. The Morgan fingerprint density at radius 1 is 1.35 bits per heavy atom. The highest BCUT2D eigenvalue weighted by Crippen LogP contribution is 2.22. The number of thioether (sulfide) groups is 1. The molecule has 0 radical (unpaired) electrons. The van der Waals surface area contributed by atoms with Crippen LogP contribution >= 0.6 is 11.8 Å². The molecule has 1 atom stereocenters. The van der Waals surface area contributed by atoms with Crippen molar-refractivity contribution < 1.29 is 4.79 Å². The molecule has 1 aromatic carbocycles. The Kier molecular flexibility index (Phi) is 5.22. The molecule has 0 saturated carbocycles. The van der Waals surface area contributed by atoms with Gasteiger partial charge in [-0.2, -0.15) is 5.26 Å². The van der Waals surface area contributed by atoms with Gasteiger partial charge in [0.05, 0.1) is 28.5 Å². The van der Waals surface area contributed by atoms with Crippen LogP contribution in [0.15, 0.2) is 29.3 Å². The van der Waals surface area contributed by atoms with Crippen molar-refractivity contribution in [3.8, 4) is 6.07 Å². The van der Waals surface area contributed by atoms with Crippen molar-refractivity contribution in [3.05, 3.63) is 30.0 Å². The van der Waals surface area contributed by atoms with Crippen LogP contribution in [-0.2, 0) is 4.79 Å². The highest BCUT2D eigenvalue weighted by Gasteiger charge is 2.29. The number of hydrogen-bond donors (Lipinski definition) is 1. The smallest absolute Gasteiger partial charge is 0.231 e. The predicted molar refractivity (Wildman–Crippen MR) is 92.0 cm³/mol. The van der Waals surface area contributed by atoms with E-state index in [1.165, 1.54) is 11.8 Å². The first-order chi connectivity index (χ1) is 10.9. The molecule has 5 nitrogen and oxygen atoms in total. The molecule has 23 heavy (non-hydrogen) atoms. The van der Waals surface area contributed by atoms with E-state index in [2.05, 4.69) is 21.4 Å². The second kappa shape index (κ2) is 6.97. The van der Waals surface area contributed by atoms with E-state index in [0.29, 0.717) is 0 Å². The summed E-state index contributed by atoms with van der Waals surface area (Å²) < 4.78 is 0. The molecule has 1 aromatic heterocycles. The van der Waals surface area contributed by atoms with Crippen molar-refractivity contribution in [1.82, 2.24) is 15.3 Å². The molecule has 0 aliphatic heterocycles. The number of aryl methyl sites for hydroxylation is 1. The zero-order valence-electron chi connectivity index (χ0n) is 13.8. The number of carbonyl (C=O) groups is 1. The number of aromatic nitrogens is 2. The number of hydrogen-bond acceptors (Lipinski definition) is 5. The molecule has 0 spiro atoms. The fraction of sp³-hybridized carbons (Fsp3) is 0.412. The van der Waals surface area contributed by atoms with Gasteiger partial charge in [-0.1, -0.05) is 37.7 Å². The molecule has 0 saturated heterocycles. The van der Waals surface area contributed by atoms with Gasteiger partial charge >= 0.3 is 0 Å². The number of nitrogens with zero attached hydrogens (tertiary/aromatic N) is 3. The third-order valence-corrected chi connectivity index (χ3v) is 4.89. The number of para-hydroxylation sites is 2. The summed E-state index contributed by atoms with van der Waals surface area (Å²) in [5, 5.41) is 12.8. The Bertz CT molecular complexity index is 769. The minimum Gasteiger partial charge on any atom is -0.337 e. The SMILES string of the molecule is Cc1nc2ccccc2nc1SCC(=O)N[C@@](C)(C#N)C(C)C. The van der Waals surface area contributed by atoms with Crippen LogP contribution in [0, 0.1) is 24.2 Å². The van der Waals surface area contributed by atoms with Crippen molar-refractivity contribution in [2.24, 2.45) is 5.92 Å². The number of rotatable bonds is 5. The van der Waals surface area contributed by atoms with Crippen LogP contribution in [0.5, 0.6) is 0 Å². The van der Waals surface area contributed by atoms with Gasteiger partial charge in [0.25, 0.3) is 0 Å². The minimum atomic E-state index is -0.859. The highest BCUT2D eigenvalue weighted by molar-refractivity contribution is 7.99. The molecule has 6 heteroatoms. The van der Waals surface area contributed by atoms with Gasteiger partial charge in [0.2, 0.25) is 5.91 Å². The average molecular weight is 328 g/mol. The lowest BCUT2D eigenvalue weighted by atomic mass is 9.90. The lowest BCUT2D eigenvalue weighted by Crippen LogP contribution is -2.49. The lowest BCUT2D eigenvalue weighted by molar-refractivity contribution is -0.120. The molecule has 0 bridgehead atoms. The number of benzene rings is 1. The molecule has 0 unspecified atom stereocenters. The van der Waals surface area contributed by atoms with Crippen LogP contribution in [0.25, 0.3) is 11.0 Å². The standard InChI is InChI=1S/C17H20N4OS/c1-11(2)17(4,10-18)21-15(22)9-23-16-12(3)19-13-7-5-6-8-14(13)20-16/h5-8,11H,9H2,1-4H3,(H,21,22)/t17-/m0/s1. The molecule has 0 fully saturated rings. The van der Waals surface area contributed by atoms with E-state index < -0.39 is 5.54 Å². The zero-order valence-corrected chi connectivity index (χ0v) is 14.6. The van der Waals surface area contributed by atoms with Crippen LogP contribution in [0.2, 0.25) is 0 Å². The van der Waals surface area contributed by atoms with E-state index in [-0.39, 0.29) is 17.6 Å². The second-order valence-electron chi connectivity index (χ2n) is 5.91. The van der Waals surface area contributed by atoms with Gasteiger partial charge in [-0.05, 0) is 31.9 Å². The number of nitriles is 1. The summed E-state index contributed by atoms with van der Waals surface area (Å²) in [6.45, 7) is 7.44. The van der Waals surface area contributed by atoms with Gasteiger partial charge in [-0.25, -0.2) is 9.97 Å². The Morgan fingerprint density at radius 2 is 1.96 bits per heavy atom. The predicted octanol–water partition coefficient (Wildman–Crippen LogP) is 3.08. The fourth-order valence-electron chi connectivity index (χ4n) is 1.97. The maximum atomic E-state index is 12.1. The van der Waals surface area contributed by atoms with Gasteiger partial charge in [0, 0.05) is 0 Å². The van der Waals surface area contributed by atoms with E-state index in [0.717, 1.165) is 21.8 Å². The van der Waals surface area contributed by atoms with Crippen LogP contribution < -0.4 is 5.32 Å². The Hall–Kier alpha value is -2.13. The van der Waals surface area contributed by atoms with Crippen molar-refractivity contribution in [1.29, 1.82) is 5.26 Å². The van der Waals surface area contributed by atoms with E-state index in [1.807, 2.05) is 45.0 Å². The number of nitrogens with one attached hydrogen (secondary N) is 1. The van der Waals surface area contributed by atoms with Gasteiger partial charge < -0.3 is 5.32 Å². The first-order valence-corrected chi connectivity index (χ1v) is 8.42. The topological polar surface area (TPSA) is 78.7 Å². The number of amides is 1. The maximum absolute atomic E-state index is 12.1. The summed E-state index contributed by atoms with van der Waals surface area (Å²) >= 11 is 1.34. The molecule has 0 aliphatic rings. The van der Waals surface area contributed by atoms with Crippen LogP contribution in [0.1, 0.15) is 26.5 Å². The normalized spacial score (nSPS) is 13.6. The van der Waals surface area contributed by atoms with E-state index in [4.69, 9.17) is 0 Å². The molecule has 1 N–H and O–H groups in total. The van der Waals surface area contributed by atoms with Gasteiger partial charge in [-0.3, -0.25) is 4.79 Å². The first-order valence-electron chi connectivity index (χ1n) is 7.44. The largest absolute Gasteiger partial charge is 0.337 e. The molecule has 2 aromatic rings. The minimum absolute atomic E-state index is 0.0312. The van der Waals surface area contributed by atoms with E-state index in [1.54, 1.807) is 6.92 Å². The first kappa shape index (κ1) is 17.2. The molecular weight excluding hydrogens is 308 g/mol. The molecule has 1 heterocycles. The molecule has 0 aliphatic carbocycles. The zero-order chi connectivity index (χ0) is 17.0. The Balaban J connectivity index is 2.08. The van der Waals surface area contributed by atoms with Crippen molar-refractivity contribution in [2.75, 3.05) is 5.75 Å². The summed E-state index contributed by atoms with van der Waals surface area (Å²) in [6, 6.07) is 9.82. The summed E-state index contributed by atoms with van der Waals surface area (Å²) in [7, 11) is 0. The third kappa shape index (κ3) is 3.99. The van der Waals surface area contributed by atoms with E-state index >= 15 is 0 Å². The average Bonchev–Trinajstić information content (AvgIpc) is 2.52. The van der Waals surface area contributed by atoms with Gasteiger partial charge in [-0.15, -0.1) is 0 Å². The summed E-state index contributed by atoms with van der Waals surface area (Å²) in [5.74, 6) is 0.0588. The second-order valence-corrected chi connectivity index (χ2v) is 6.87. The fourth-order valence-corrected chi connectivity index (χ4v) is 2.73. The molecule has 1 amide bonds. The quantitative estimate of drug-likeness (QED) is 0.853. The number of carbonyl (C=O) groups excluding carboxylic acids is 1. The van der Waals surface area contributed by atoms with Crippen molar-refractivity contribution in [2.45, 2.75) is 38.3 Å². The van der Waals surface area contributed by atoms with Gasteiger partial charge in [0.15, 0.2) is 0 Å². The monoisotopic (exact) mass is 328 g/mol. The van der Waals surface area contributed by atoms with Gasteiger partial charge in [0.1, 0.15) is 10.6 Å². The molecule has 2 rings (SSSR count). The van der Waals surface area contributed by atoms with E-state index in [9.17, 15) is 10.1 Å². The lowest BCUT2D eigenvalue weighted by Gasteiger charge is -2.27. The molecule has 120 valence electrons. The van der Waals surface area contributed by atoms with Crippen molar-refractivity contribution in [3.63, 3.8) is 0 Å². The third-order valence-electron chi connectivity index (χ3n) is 3.83. The highest BCUT2D eigenvalue weighted by atomic mass is 32.2. The Morgan fingerprint density at radius 3 is 2.52 bits per heavy atom. The number of fused-ring (bicyclic) bond motifs is 1. The van der Waals surface area contributed by atoms with Crippen LogP contribution in [0.4, 0.5) is 0 Å². The van der Waals surface area contributed by atoms with Crippen molar-refractivity contribution >= 4 is 28.7 Å².